The molecule has 1 aromatic rings. The average molecular weight is 242 g/mol. The normalized spacial score (nSPS) is 28.3. The van der Waals surface area contributed by atoms with Crippen molar-refractivity contribution >= 4 is 0 Å². The molecule has 2 atom stereocenters. The quantitative estimate of drug-likeness (QED) is 0.672. The van der Waals surface area contributed by atoms with Crippen molar-refractivity contribution in [3.63, 3.8) is 0 Å². The lowest BCUT2D eigenvalue weighted by atomic mass is 9.67. The minimum absolute atomic E-state index is 0.864. The van der Waals surface area contributed by atoms with Crippen LogP contribution in [0.4, 0.5) is 0 Å². The molecule has 2 aliphatic carbocycles. The maximum absolute atomic E-state index is 2.41. The molecule has 98 valence electrons. The second-order valence-corrected chi connectivity index (χ2v) is 6.34. The Balaban J connectivity index is 1.87. The standard InChI is InChI=1S/C18H26/c1-2-7-18-16-11-6-5-10-15(16)12-13-17(18)14-8-3-4-9-14/h5-6,10-11,14,17-18H,2-4,7-9,12-13H2,1H3/t17-,18+/m0/s1. The second kappa shape index (κ2) is 5.47. The third-order valence-corrected chi connectivity index (χ3v) is 5.32. The Kier molecular flexibility index (Phi) is 3.72. The first-order valence-corrected chi connectivity index (χ1v) is 7.98. The smallest absolute Gasteiger partial charge is 0.0128 e. The number of fused-ring (bicyclic) bond motifs is 1. The maximum atomic E-state index is 2.41. The lowest BCUT2D eigenvalue weighted by Gasteiger charge is -2.37. The molecule has 0 amide bonds. The summed E-state index contributed by atoms with van der Waals surface area (Å²) < 4.78 is 0. The van der Waals surface area contributed by atoms with E-state index >= 15 is 0 Å². The van der Waals surface area contributed by atoms with Crippen molar-refractivity contribution in [1.82, 2.24) is 0 Å². The van der Waals surface area contributed by atoms with Crippen molar-refractivity contribution < 1.29 is 0 Å². The fourth-order valence-electron chi connectivity index (χ4n) is 4.51. The summed E-state index contributed by atoms with van der Waals surface area (Å²) in [6.07, 6.45) is 11.5. The van der Waals surface area contributed by atoms with E-state index in [-0.39, 0.29) is 0 Å². The van der Waals surface area contributed by atoms with Gasteiger partial charge < -0.3 is 0 Å². The molecule has 0 spiro atoms. The van der Waals surface area contributed by atoms with Crippen LogP contribution < -0.4 is 0 Å². The Bertz CT molecular complexity index is 387. The zero-order chi connectivity index (χ0) is 12.4. The van der Waals surface area contributed by atoms with Gasteiger partial charge >= 0.3 is 0 Å². The van der Waals surface area contributed by atoms with Gasteiger partial charge in [-0.2, -0.15) is 0 Å². The molecule has 0 aliphatic heterocycles. The zero-order valence-corrected chi connectivity index (χ0v) is 11.7. The number of rotatable bonds is 3. The minimum Gasteiger partial charge on any atom is -0.0654 e. The topological polar surface area (TPSA) is 0 Å². The van der Waals surface area contributed by atoms with Crippen molar-refractivity contribution in [2.45, 2.75) is 64.2 Å². The van der Waals surface area contributed by atoms with Gasteiger partial charge in [-0.25, -0.2) is 0 Å². The summed E-state index contributed by atoms with van der Waals surface area (Å²) in [6, 6.07) is 9.25. The van der Waals surface area contributed by atoms with Gasteiger partial charge in [0.15, 0.2) is 0 Å². The Labute approximate surface area is 112 Å². The van der Waals surface area contributed by atoms with Crippen LogP contribution in [0.3, 0.4) is 0 Å². The van der Waals surface area contributed by atoms with E-state index in [4.69, 9.17) is 0 Å². The Hall–Kier alpha value is -0.780. The highest BCUT2D eigenvalue weighted by Crippen LogP contribution is 2.47. The molecule has 0 heteroatoms. The number of aryl methyl sites for hydroxylation is 1. The first-order chi connectivity index (χ1) is 8.90. The monoisotopic (exact) mass is 242 g/mol. The van der Waals surface area contributed by atoms with Crippen LogP contribution in [0.1, 0.15) is 68.9 Å². The van der Waals surface area contributed by atoms with Gasteiger partial charge in [0.05, 0.1) is 0 Å². The van der Waals surface area contributed by atoms with Crippen LogP contribution in [-0.2, 0) is 6.42 Å². The van der Waals surface area contributed by atoms with Crippen LogP contribution in [0.2, 0.25) is 0 Å². The van der Waals surface area contributed by atoms with Crippen molar-refractivity contribution in [3.05, 3.63) is 35.4 Å². The molecule has 0 bridgehead atoms. The molecule has 18 heavy (non-hydrogen) atoms. The van der Waals surface area contributed by atoms with E-state index in [9.17, 15) is 0 Å². The Morgan fingerprint density at radius 2 is 1.83 bits per heavy atom. The van der Waals surface area contributed by atoms with Crippen LogP contribution in [0.5, 0.6) is 0 Å². The van der Waals surface area contributed by atoms with Gasteiger partial charge in [-0.05, 0) is 48.1 Å². The van der Waals surface area contributed by atoms with E-state index in [2.05, 4.69) is 31.2 Å². The lowest BCUT2D eigenvalue weighted by molar-refractivity contribution is 0.242. The van der Waals surface area contributed by atoms with Crippen LogP contribution in [0.15, 0.2) is 24.3 Å². The molecule has 0 nitrogen and oxygen atoms in total. The lowest BCUT2D eigenvalue weighted by Crippen LogP contribution is -2.26. The van der Waals surface area contributed by atoms with Crippen LogP contribution >= 0.6 is 0 Å². The van der Waals surface area contributed by atoms with Crippen LogP contribution in [0, 0.1) is 11.8 Å². The molecule has 0 unspecified atom stereocenters. The molecule has 1 aromatic carbocycles. The molecule has 0 saturated heterocycles. The highest BCUT2D eigenvalue weighted by atomic mass is 14.4. The summed E-state index contributed by atoms with van der Waals surface area (Å²) in [5.41, 5.74) is 3.34. The summed E-state index contributed by atoms with van der Waals surface area (Å²) in [7, 11) is 0. The molecule has 1 saturated carbocycles. The van der Waals surface area contributed by atoms with Gasteiger partial charge in [0.25, 0.3) is 0 Å². The van der Waals surface area contributed by atoms with E-state index in [1.54, 1.807) is 11.1 Å². The maximum Gasteiger partial charge on any atom is -0.0128 e. The fourth-order valence-corrected chi connectivity index (χ4v) is 4.51. The summed E-state index contributed by atoms with van der Waals surface area (Å²) in [5.74, 6) is 2.89. The van der Waals surface area contributed by atoms with Crippen molar-refractivity contribution in [3.8, 4) is 0 Å². The van der Waals surface area contributed by atoms with Gasteiger partial charge in [-0.3, -0.25) is 0 Å². The molecular formula is C18H26. The summed E-state index contributed by atoms with van der Waals surface area (Å²) in [4.78, 5) is 0. The molecule has 1 fully saturated rings. The number of benzene rings is 1. The highest BCUT2D eigenvalue weighted by molar-refractivity contribution is 5.33. The molecule has 0 radical (unpaired) electrons. The first kappa shape index (κ1) is 12.3. The molecule has 0 aromatic heterocycles. The summed E-state index contributed by atoms with van der Waals surface area (Å²) >= 11 is 0. The van der Waals surface area contributed by atoms with E-state index in [1.165, 1.54) is 51.4 Å². The van der Waals surface area contributed by atoms with Gasteiger partial charge in [0, 0.05) is 0 Å². The molecular weight excluding hydrogens is 216 g/mol. The third-order valence-electron chi connectivity index (χ3n) is 5.32. The zero-order valence-electron chi connectivity index (χ0n) is 11.7. The van der Waals surface area contributed by atoms with Crippen LogP contribution in [-0.4, -0.2) is 0 Å². The van der Waals surface area contributed by atoms with Crippen molar-refractivity contribution in [2.24, 2.45) is 11.8 Å². The summed E-state index contributed by atoms with van der Waals surface area (Å²) in [5, 5.41) is 0. The second-order valence-electron chi connectivity index (χ2n) is 6.34. The first-order valence-electron chi connectivity index (χ1n) is 7.98. The minimum atomic E-state index is 0.864. The average Bonchev–Trinajstić information content (AvgIpc) is 2.93. The van der Waals surface area contributed by atoms with E-state index < -0.39 is 0 Å². The fraction of sp³-hybridized carbons (Fsp3) is 0.667. The van der Waals surface area contributed by atoms with E-state index in [1.807, 2.05) is 0 Å². The van der Waals surface area contributed by atoms with Gasteiger partial charge in [0.2, 0.25) is 0 Å². The van der Waals surface area contributed by atoms with Crippen molar-refractivity contribution in [2.75, 3.05) is 0 Å². The van der Waals surface area contributed by atoms with E-state index in [0.717, 1.165) is 17.8 Å². The largest absolute Gasteiger partial charge is 0.0654 e. The SMILES string of the molecule is CCC[C@@H]1c2ccccc2CC[C@H]1C1CCCC1. The van der Waals surface area contributed by atoms with Crippen molar-refractivity contribution in [1.29, 1.82) is 0 Å². The predicted octanol–water partition coefficient (Wildman–Crippen LogP) is 5.32. The number of hydrogen-bond acceptors (Lipinski definition) is 0. The van der Waals surface area contributed by atoms with Crippen LogP contribution in [0.25, 0.3) is 0 Å². The Morgan fingerprint density at radius 3 is 2.61 bits per heavy atom. The Morgan fingerprint density at radius 1 is 1.06 bits per heavy atom. The molecule has 2 aliphatic rings. The third kappa shape index (κ3) is 2.22. The van der Waals surface area contributed by atoms with Gasteiger partial charge in [0.1, 0.15) is 0 Å². The predicted molar refractivity (Wildman–Crippen MR) is 77.9 cm³/mol. The number of hydrogen-bond donors (Lipinski definition) is 0. The van der Waals surface area contributed by atoms with E-state index in [0.29, 0.717) is 0 Å². The molecule has 3 rings (SSSR count). The van der Waals surface area contributed by atoms with Gasteiger partial charge in [-0.1, -0.05) is 63.3 Å². The molecule has 0 heterocycles. The molecule has 0 N–H and O–H groups in total. The van der Waals surface area contributed by atoms with Gasteiger partial charge in [-0.15, -0.1) is 0 Å². The summed E-state index contributed by atoms with van der Waals surface area (Å²) in [6.45, 7) is 2.35. The highest BCUT2D eigenvalue weighted by Gasteiger charge is 2.35.